The van der Waals surface area contributed by atoms with Gasteiger partial charge in [0.2, 0.25) is 5.89 Å². The van der Waals surface area contributed by atoms with E-state index in [-0.39, 0.29) is 0 Å². The molecule has 0 radical (unpaired) electrons. The molecule has 1 aromatic rings. The third-order valence-corrected chi connectivity index (χ3v) is 4.11. The van der Waals surface area contributed by atoms with Gasteiger partial charge in [0.05, 0.1) is 5.25 Å². The van der Waals surface area contributed by atoms with Crippen LogP contribution in [0.3, 0.4) is 0 Å². The Morgan fingerprint density at radius 3 is 3.19 bits per heavy atom. The number of thioether (sulfide) groups is 1. The van der Waals surface area contributed by atoms with Gasteiger partial charge < -0.3 is 9.84 Å². The summed E-state index contributed by atoms with van der Waals surface area (Å²) in [6, 6.07) is 0.398. The van der Waals surface area contributed by atoms with Crippen molar-refractivity contribution in [2.75, 3.05) is 12.3 Å². The maximum atomic E-state index is 5.28. The summed E-state index contributed by atoms with van der Waals surface area (Å²) in [5.74, 6) is 2.87. The number of rotatable bonds is 5. The molecule has 2 rings (SSSR count). The van der Waals surface area contributed by atoms with Gasteiger partial charge in [-0.3, -0.25) is 0 Å². The van der Waals surface area contributed by atoms with E-state index in [1.165, 1.54) is 18.6 Å². The lowest BCUT2D eigenvalue weighted by atomic mass is 10.2. The minimum atomic E-state index is 0.398. The molecule has 2 unspecified atom stereocenters. The number of nitrogens with zero attached hydrogens (tertiary/aromatic N) is 2. The molecular weight excluding hydrogens is 222 g/mol. The van der Waals surface area contributed by atoms with Crippen molar-refractivity contribution < 1.29 is 4.52 Å². The molecule has 0 aromatic carbocycles. The Morgan fingerprint density at radius 1 is 1.62 bits per heavy atom. The topological polar surface area (TPSA) is 51.0 Å². The van der Waals surface area contributed by atoms with Crippen LogP contribution in [0.1, 0.15) is 43.7 Å². The Hall–Kier alpha value is -0.550. The number of hydrogen-bond acceptors (Lipinski definition) is 5. The lowest BCUT2D eigenvalue weighted by molar-refractivity contribution is 0.358. The Bertz CT molecular complexity index is 323. The third kappa shape index (κ3) is 2.98. The molecule has 0 spiro atoms. The van der Waals surface area contributed by atoms with Gasteiger partial charge in [-0.2, -0.15) is 16.7 Å². The van der Waals surface area contributed by atoms with Gasteiger partial charge in [0, 0.05) is 12.5 Å². The first kappa shape index (κ1) is 11.9. The molecule has 1 aliphatic rings. The largest absolute Gasteiger partial charge is 0.339 e. The van der Waals surface area contributed by atoms with Crippen LogP contribution in [0.4, 0.5) is 0 Å². The molecule has 0 saturated carbocycles. The molecule has 2 heterocycles. The molecule has 1 aromatic heterocycles. The molecule has 90 valence electrons. The van der Waals surface area contributed by atoms with Crippen LogP contribution in [0.5, 0.6) is 0 Å². The lowest BCUT2D eigenvalue weighted by Crippen LogP contribution is -2.27. The van der Waals surface area contributed by atoms with E-state index in [2.05, 4.69) is 29.3 Å². The van der Waals surface area contributed by atoms with Crippen LogP contribution in [0.15, 0.2) is 4.52 Å². The number of nitrogens with one attached hydrogen (secondary N) is 1. The average molecular weight is 241 g/mol. The van der Waals surface area contributed by atoms with E-state index >= 15 is 0 Å². The van der Waals surface area contributed by atoms with Crippen molar-refractivity contribution in [1.29, 1.82) is 0 Å². The predicted octanol–water partition coefficient (Wildman–Crippen LogP) is 2.18. The third-order valence-electron chi connectivity index (χ3n) is 2.73. The summed E-state index contributed by atoms with van der Waals surface area (Å²) in [4.78, 5) is 4.48. The van der Waals surface area contributed by atoms with Gasteiger partial charge in [-0.1, -0.05) is 12.1 Å². The van der Waals surface area contributed by atoms with Crippen molar-refractivity contribution in [2.24, 2.45) is 0 Å². The Balaban J connectivity index is 1.91. The second kappa shape index (κ2) is 5.68. The highest BCUT2D eigenvalue weighted by Crippen LogP contribution is 2.38. The Kier molecular flexibility index (Phi) is 4.23. The maximum absolute atomic E-state index is 5.28. The molecule has 4 nitrogen and oxygen atoms in total. The van der Waals surface area contributed by atoms with Gasteiger partial charge >= 0.3 is 0 Å². The molecule has 0 aliphatic carbocycles. The van der Waals surface area contributed by atoms with E-state index in [9.17, 15) is 0 Å². The van der Waals surface area contributed by atoms with E-state index in [0.717, 1.165) is 24.7 Å². The number of likely N-dealkylation sites (N-methyl/N-ethyl adjacent to an activating group) is 1. The molecular formula is C11H19N3OS. The van der Waals surface area contributed by atoms with Crippen molar-refractivity contribution in [3.8, 4) is 0 Å². The van der Waals surface area contributed by atoms with Crippen molar-refractivity contribution in [3.05, 3.63) is 11.7 Å². The molecule has 16 heavy (non-hydrogen) atoms. The fraction of sp³-hybridized carbons (Fsp3) is 0.818. The van der Waals surface area contributed by atoms with E-state index in [1.807, 2.05) is 11.8 Å². The van der Waals surface area contributed by atoms with Gasteiger partial charge in [-0.15, -0.1) is 0 Å². The normalized spacial score (nSPS) is 22.5. The summed E-state index contributed by atoms with van der Waals surface area (Å²) in [6.45, 7) is 5.21. The van der Waals surface area contributed by atoms with Crippen LogP contribution in [0, 0.1) is 0 Å². The molecule has 0 amide bonds. The predicted molar refractivity (Wildman–Crippen MR) is 65.6 cm³/mol. The summed E-state index contributed by atoms with van der Waals surface area (Å²) in [5.41, 5.74) is 0. The fourth-order valence-corrected chi connectivity index (χ4v) is 3.14. The van der Waals surface area contributed by atoms with Crippen LogP contribution in [0.25, 0.3) is 0 Å². The van der Waals surface area contributed by atoms with Crippen molar-refractivity contribution in [3.63, 3.8) is 0 Å². The first-order valence-electron chi connectivity index (χ1n) is 5.97. The van der Waals surface area contributed by atoms with Crippen LogP contribution in [0.2, 0.25) is 0 Å². The summed E-state index contributed by atoms with van der Waals surface area (Å²) >= 11 is 1.94. The standard InChI is InChI=1S/C11H19N3OS/c1-3-12-8(2)7-10-13-11(14-15-10)9-5-4-6-16-9/h8-9,12H,3-7H2,1-2H3. The minimum Gasteiger partial charge on any atom is -0.339 e. The van der Waals surface area contributed by atoms with Crippen molar-refractivity contribution in [2.45, 2.75) is 44.4 Å². The number of aromatic nitrogens is 2. The van der Waals surface area contributed by atoms with Crippen LogP contribution < -0.4 is 5.32 Å². The molecule has 5 heteroatoms. The monoisotopic (exact) mass is 241 g/mol. The van der Waals surface area contributed by atoms with Gasteiger partial charge in [0.25, 0.3) is 0 Å². The van der Waals surface area contributed by atoms with Crippen LogP contribution in [-0.2, 0) is 6.42 Å². The summed E-state index contributed by atoms with van der Waals surface area (Å²) in [7, 11) is 0. The first-order valence-corrected chi connectivity index (χ1v) is 7.02. The van der Waals surface area contributed by atoms with E-state index in [0.29, 0.717) is 11.3 Å². The van der Waals surface area contributed by atoms with E-state index < -0.39 is 0 Å². The highest BCUT2D eigenvalue weighted by atomic mass is 32.2. The van der Waals surface area contributed by atoms with Crippen LogP contribution >= 0.6 is 11.8 Å². The second-order valence-electron chi connectivity index (χ2n) is 4.21. The van der Waals surface area contributed by atoms with E-state index in [4.69, 9.17) is 4.52 Å². The maximum Gasteiger partial charge on any atom is 0.228 e. The van der Waals surface area contributed by atoms with Crippen molar-refractivity contribution >= 4 is 11.8 Å². The fourth-order valence-electron chi connectivity index (χ4n) is 1.95. The highest BCUT2D eigenvalue weighted by Gasteiger charge is 2.23. The Labute approximate surface area is 101 Å². The quantitative estimate of drug-likeness (QED) is 0.856. The lowest BCUT2D eigenvalue weighted by Gasteiger charge is -2.08. The van der Waals surface area contributed by atoms with Gasteiger partial charge in [0.1, 0.15) is 0 Å². The highest BCUT2D eigenvalue weighted by molar-refractivity contribution is 7.99. The number of hydrogen-bond donors (Lipinski definition) is 1. The Morgan fingerprint density at radius 2 is 2.50 bits per heavy atom. The van der Waals surface area contributed by atoms with Gasteiger partial charge in [-0.25, -0.2) is 0 Å². The molecule has 1 fully saturated rings. The van der Waals surface area contributed by atoms with E-state index in [1.54, 1.807) is 0 Å². The van der Waals surface area contributed by atoms with Gasteiger partial charge in [-0.05, 0) is 32.1 Å². The van der Waals surface area contributed by atoms with Crippen molar-refractivity contribution in [1.82, 2.24) is 15.5 Å². The second-order valence-corrected chi connectivity index (χ2v) is 5.52. The average Bonchev–Trinajstić information content (AvgIpc) is 2.86. The zero-order valence-electron chi connectivity index (χ0n) is 9.90. The zero-order chi connectivity index (χ0) is 11.4. The smallest absolute Gasteiger partial charge is 0.228 e. The van der Waals surface area contributed by atoms with Gasteiger partial charge in [0.15, 0.2) is 5.82 Å². The SMILES string of the molecule is CCNC(C)Cc1nc(C2CCCS2)no1. The summed E-state index contributed by atoms with van der Waals surface area (Å²) < 4.78 is 5.28. The zero-order valence-corrected chi connectivity index (χ0v) is 10.7. The van der Waals surface area contributed by atoms with Crippen LogP contribution in [-0.4, -0.2) is 28.5 Å². The molecule has 0 bridgehead atoms. The summed E-state index contributed by atoms with van der Waals surface area (Å²) in [5, 5.41) is 7.88. The molecule has 1 N–H and O–H groups in total. The molecule has 2 atom stereocenters. The minimum absolute atomic E-state index is 0.398. The first-order chi connectivity index (χ1) is 7.79. The molecule has 1 saturated heterocycles. The summed E-state index contributed by atoms with van der Waals surface area (Å²) in [6.07, 6.45) is 3.28. The molecule has 1 aliphatic heterocycles.